The third-order valence-corrected chi connectivity index (χ3v) is 4.27. The van der Waals surface area contributed by atoms with Gasteiger partial charge in [-0.2, -0.15) is 0 Å². The molecule has 0 atom stereocenters. The largest absolute Gasteiger partial charge is 0.462 e. The van der Waals surface area contributed by atoms with E-state index in [-0.39, 0.29) is 0 Å². The fourth-order valence-electron chi connectivity index (χ4n) is 2.77. The molecule has 1 aromatic rings. The van der Waals surface area contributed by atoms with E-state index in [1.165, 1.54) is 0 Å². The molecule has 0 aliphatic rings. The van der Waals surface area contributed by atoms with E-state index in [1.807, 2.05) is 13.0 Å². The second-order valence-electron chi connectivity index (χ2n) is 7.54. The SMILES string of the molecule is CCc1cccc(C(=O)OCCCC(C)C)c1C(=O)OCCCC(C)C. The molecule has 0 saturated heterocycles. The highest BCUT2D eigenvalue weighted by Crippen LogP contribution is 2.19. The van der Waals surface area contributed by atoms with Crippen LogP contribution in [0.1, 0.15) is 86.6 Å². The lowest BCUT2D eigenvalue weighted by atomic mass is 9.99. The Balaban J connectivity index is 2.79. The number of esters is 2. The Morgan fingerprint density at radius 2 is 1.42 bits per heavy atom. The van der Waals surface area contributed by atoms with E-state index in [4.69, 9.17) is 9.47 Å². The van der Waals surface area contributed by atoms with Gasteiger partial charge >= 0.3 is 11.9 Å². The molecule has 0 aliphatic heterocycles. The van der Waals surface area contributed by atoms with Crippen LogP contribution in [0.4, 0.5) is 0 Å². The molecule has 0 spiro atoms. The van der Waals surface area contributed by atoms with E-state index in [1.54, 1.807) is 12.1 Å². The molecule has 0 fully saturated rings. The Morgan fingerprint density at radius 3 is 1.92 bits per heavy atom. The number of aryl methyl sites for hydroxylation is 1. The number of rotatable bonds is 11. The van der Waals surface area contributed by atoms with Gasteiger partial charge in [-0.25, -0.2) is 9.59 Å². The van der Waals surface area contributed by atoms with E-state index in [2.05, 4.69) is 27.7 Å². The second kappa shape index (κ2) is 11.7. The lowest BCUT2D eigenvalue weighted by Crippen LogP contribution is -2.17. The summed E-state index contributed by atoms with van der Waals surface area (Å²) in [6.45, 7) is 11.3. The van der Waals surface area contributed by atoms with Crippen LogP contribution < -0.4 is 0 Å². The highest BCUT2D eigenvalue weighted by Gasteiger charge is 2.22. The molecule has 146 valence electrons. The van der Waals surface area contributed by atoms with Crippen molar-refractivity contribution in [3.05, 3.63) is 34.9 Å². The predicted octanol–water partition coefficient (Wildman–Crippen LogP) is 5.44. The maximum Gasteiger partial charge on any atom is 0.339 e. The predicted molar refractivity (Wildman–Crippen MR) is 105 cm³/mol. The van der Waals surface area contributed by atoms with Gasteiger partial charge in [0, 0.05) is 0 Å². The zero-order valence-electron chi connectivity index (χ0n) is 17.0. The maximum atomic E-state index is 12.6. The third kappa shape index (κ3) is 7.59. The average Bonchev–Trinajstić information content (AvgIpc) is 2.60. The first-order valence-electron chi connectivity index (χ1n) is 9.82. The van der Waals surface area contributed by atoms with Gasteiger partial charge in [-0.15, -0.1) is 0 Å². The number of hydrogen-bond acceptors (Lipinski definition) is 4. The minimum atomic E-state index is -0.446. The average molecular weight is 363 g/mol. The fourth-order valence-corrected chi connectivity index (χ4v) is 2.77. The van der Waals surface area contributed by atoms with Crippen LogP contribution in [0.25, 0.3) is 0 Å². The summed E-state index contributed by atoms with van der Waals surface area (Å²) >= 11 is 0. The molecule has 1 rings (SSSR count). The first-order chi connectivity index (χ1) is 12.4. The van der Waals surface area contributed by atoms with Crippen molar-refractivity contribution in [1.29, 1.82) is 0 Å². The normalized spacial score (nSPS) is 11.0. The molecule has 0 aromatic heterocycles. The fraction of sp³-hybridized carbons (Fsp3) is 0.636. The zero-order chi connectivity index (χ0) is 19.5. The van der Waals surface area contributed by atoms with Gasteiger partial charge in [0.2, 0.25) is 0 Å². The molecule has 4 nitrogen and oxygen atoms in total. The zero-order valence-corrected chi connectivity index (χ0v) is 17.0. The van der Waals surface area contributed by atoms with Gasteiger partial charge in [0.05, 0.1) is 24.3 Å². The summed E-state index contributed by atoms with van der Waals surface area (Å²) in [5.74, 6) is 0.278. The van der Waals surface area contributed by atoms with Crippen molar-refractivity contribution in [3.8, 4) is 0 Å². The summed E-state index contributed by atoms with van der Waals surface area (Å²) in [6, 6.07) is 5.30. The van der Waals surface area contributed by atoms with Crippen LogP contribution in [0.5, 0.6) is 0 Å². The summed E-state index contributed by atoms with van der Waals surface area (Å²) in [4.78, 5) is 25.1. The molecule has 0 heterocycles. The van der Waals surface area contributed by atoms with Crippen LogP contribution in [-0.2, 0) is 15.9 Å². The summed E-state index contributed by atoms with van der Waals surface area (Å²) in [5.41, 5.74) is 1.48. The van der Waals surface area contributed by atoms with E-state index in [9.17, 15) is 9.59 Å². The van der Waals surface area contributed by atoms with Gasteiger partial charge in [-0.1, -0.05) is 46.8 Å². The summed E-state index contributed by atoms with van der Waals surface area (Å²) in [7, 11) is 0. The van der Waals surface area contributed by atoms with Crippen LogP contribution in [0.2, 0.25) is 0 Å². The minimum absolute atomic E-state index is 0.308. The smallest absolute Gasteiger partial charge is 0.339 e. The molecule has 0 unspecified atom stereocenters. The van der Waals surface area contributed by atoms with Crippen molar-refractivity contribution in [2.75, 3.05) is 13.2 Å². The summed E-state index contributed by atoms with van der Waals surface area (Å²) in [5, 5.41) is 0. The van der Waals surface area contributed by atoms with Crippen molar-refractivity contribution in [1.82, 2.24) is 0 Å². The van der Waals surface area contributed by atoms with Crippen molar-refractivity contribution in [2.45, 2.75) is 66.7 Å². The first kappa shape index (κ1) is 22.2. The third-order valence-electron chi connectivity index (χ3n) is 4.27. The Morgan fingerprint density at radius 1 is 0.885 bits per heavy atom. The molecule has 0 radical (unpaired) electrons. The summed E-state index contributed by atoms with van der Waals surface area (Å²) < 4.78 is 10.8. The Labute approximate surface area is 158 Å². The quantitative estimate of drug-likeness (QED) is 0.389. The highest BCUT2D eigenvalue weighted by atomic mass is 16.5. The van der Waals surface area contributed by atoms with Crippen LogP contribution in [0.3, 0.4) is 0 Å². The molecule has 0 saturated carbocycles. The van der Waals surface area contributed by atoms with Crippen LogP contribution in [0.15, 0.2) is 18.2 Å². The van der Waals surface area contributed by atoms with Crippen molar-refractivity contribution >= 4 is 11.9 Å². The topological polar surface area (TPSA) is 52.6 Å². The molecule has 0 aliphatic carbocycles. The molecule has 4 heteroatoms. The molecular formula is C22H34O4. The van der Waals surface area contributed by atoms with Gasteiger partial charge in [0.1, 0.15) is 0 Å². The van der Waals surface area contributed by atoms with E-state index >= 15 is 0 Å². The van der Waals surface area contributed by atoms with Gasteiger partial charge in [-0.3, -0.25) is 0 Å². The molecule has 1 aromatic carbocycles. The molecule has 26 heavy (non-hydrogen) atoms. The molecule has 0 N–H and O–H groups in total. The van der Waals surface area contributed by atoms with Crippen molar-refractivity contribution < 1.29 is 19.1 Å². The molecule has 0 amide bonds. The molecular weight excluding hydrogens is 328 g/mol. The Bertz CT molecular complexity index is 576. The van der Waals surface area contributed by atoms with Gasteiger partial charge in [0.25, 0.3) is 0 Å². The Kier molecular flexibility index (Phi) is 10.0. The number of carbonyl (C=O) groups is 2. The van der Waals surface area contributed by atoms with E-state index in [0.717, 1.165) is 31.2 Å². The standard InChI is InChI=1S/C22H34O4/c1-6-18-12-7-13-19(21(23)25-14-8-10-16(2)3)20(18)22(24)26-15-9-11-17(4)5/h7,12-13,16-17H,6,8-11,14-15H2,1-5H3. The number of benzene rings is 1. The van der Waals surface area contributed by atoms with Gasteiger partial charge < -0.3 is 9.47 Å². The highest BCUT2D eigenvalue weighted by molar-refractivity contribution is 6.04. The summed E-state index contributed by atoms with van der Waals surface area (Å²) in [6.07, 6.45) is 4.32. The second-order valence-corrected chi connectivity index (χ2v) is 7.54. The van der Waals surface area contributed by atoms with Crippen LogP contribution in [-0.4, -0.2) is 25.2 Å². The van der Waals surface area contributed by atoms with Crippen molar-refractivity contribution in [3.63, 3.8) is 0 Å². The monoisotopic (exact) mass is 362 g/mol. The molecule has 0 bridgehead atoms. The van der Waals surface area contributed by atoms with E-state index in [0.29, 0.717) is 42.6 Å². The van der Waals surface area contributed by atoms with Crippen LogP contribution in [0, 0.1) is 11.8 Å². The van der Waals surface area contributed by atoms with Crippen molar-refractivity contribution in [2.24, 2.45) is 11.8 Å². The lowest BCUT2D eigenvalue weighted by molar-refractivity contribution is 0.0446. The number of carbonyl (C=O) groups excluding carboxylic acids is 2. The first-order valence-corrected chi connectivity index (χ1v) is 9.82. The lowest BCUT2D eigenvalue weighted by Gasteiger charge is -2.14. The number of ether oxygens (including phenoxy) is 2. The van der Waals surface area contributed by atoms with Gasteiger partial charge in [0.15, 0.2) is 0 Å². The van der Waals surface area contributed by atoms with Crippen LogP contribution >= 0.6 is 0 Å². The maximum absolute atomic E-state index is 12.6. The number of hydrogen-bond donors (Lipinski definition) is 0. The minimum Gasteiger partial charge on any atom is -0.462 e. The Hall–Kier alpha value is -1.84. The van der Waals surface area contributed by atoms with Gasteiger partial charge in [-0.05, 0) is 55.6 Å². The van der Waals surface area contributed by atoms with E-state index < -0.39 is 11.9 Å².